The van der Waals surface area contributed by atoms with Crippen LogP contribution >= 0.6 is 11.3 Å². The van der Waals surface area contributed by atoms with E-state index in [-0.39, 0.29) is 17.0 Å². The number of benzene rings is 2. The predicted octanol–water partition coefficient (Wildman–Crippen LogP) is 4.37. The molecular weight excluding hydrogens is 354 g/mol. The summed E-state index contributed by atoms with van der Waals surface area (Å²) in [6.07, 6.45) is 1.73. The lowest BCUT2D eigenvalue weighted by molar-refractivity contribution is -0.385. The molecular formula is C18H15N3O4S. The van der Waals surface area contributed by atoms with Gasteiger partial charge in [-0.1, -0.05) is 0 Å². The summed E-state index contributed by atoms with van der Waals surface area (Å²) in [6, 6.07) is 11.4. The van der Waals surface area contributed by atoms with Crippen LogP contribution in [0.15, 0.2) is 54.0 Å². The first kappa shape index (κ1) is 17.6. The molecule has 2 aromatic carbocycles. The minimum absolute atomic E-state index is 0.141. The SMILES string of the molecule is CCOc1ccc(C(=O)Nc2ccc(-c3nccs3)cc2)cc1[N+](=O)[O-]. The van der Waals surface area contributed by atoms with E-state index in [0.29, 0.717) is 12.3 Å². The number of nitrogens with zero attached hydrogens (tertiary/aromatic N) is 2. The third-order valence-corrected chi connectivity index (χ3v) is 4.36. The number of anilines is 1. The van der Waals surface area contributed by atoms with Crippen LogP contribution < -0.4 is 10.1 Å². The number of hydrogen-bond donors (Lipinski definition) is 1. The predicted molar refractivity (Wildman–Crippen MR) is 99.8 cm³/mol. The van der Waals surface area contributed by atoms with Crippen molar-refractivity contribution in [3.05, 3.63) is 69.7 Å². The Morgan fingerprint density at radius 2 is 2.04 bits per heavy atom. The number of thiazole rings is 1. The van der Waals surface area contributed by atoms with Crippen molar-refractivity contribution in [3.63, 3.8) is 0 Å². The fourth-order valence-corrected chi connectivity index (χ4v) is 2.99. The molecule has 0 atom stereocenters. The second kappa shape index (κ2) is 7.75. The van der Waals surface area contributed by atoms with Gasteiger partial charge in [-0.25, -0.2) is 4.98 Å². The van der Waals surface area contributed by atoms with Gasteiger partial charge in [0.1, 0.15) is 5.01 Å². The second-order valence-electron chi connectivity index (χ2n) is 5.24. The number of amides is 1. The van der Waals surface area contributed by atoms with Gasteiger partial charge in [0.05, 0.1) is 11.5 Å². The van der Waals surface area contributed by atoms with E-state index in [0.717, 1.165) is 10.6 Å². The molecule has 3 aromatic rings. The van der Waals surface area contributed by atoms with E-state index in [1.54, 1.807) is 25.3 Å². The summed E-state index contributed by atoms with van der Waals surface area (Å²) in [6.45, 7) is 2.04. The molecule has 3 rings (SSSR count). The molecule has 26 heavy (non-hydrogen) atoms. The number of nitro benzene ring substituents is 1. The van der Waals surface area contributed by atoms with E-state index in [4.69, 9.17) is 4.74 Å². The van der Waals surface area contributed by atoms with Crippen LogP contribution in [0.25, 0.3) is 10.6 Å². The fraction of sp³-hybridized carbons (Fsp3) is 0.111. The van der Waals surface area contributed by atoms with E-state index in [9.17, 15) is 14.9 Å². The lowest BCUT2D eigenvalue weighted by atomic mass is 10.1. The Morgan fingerprint density at radius 3 is 2.65 bits per heavy atom. The Labute approximate surface area is 153 Å². The monoisotopic (exact) mass is 369 g/mol. The van der Waals surface area contributed by atoms with Crippen LogP contribution in [0.3, 0.4) is 0 Å². The molecule has 8 heteroatoms. The molecule has 1 heterocycles. The maximum Gasteiger partial charge on any atom is 0.311 e. The molecule has 1 aromatic heterocycles. The van der Waals surface area contributed by atoms with Crippen LogP contribution in [0.5, 0.6) is 5.75 Å². The fourth-order valence-electron chi connectivity index (χ4n) is 2.34. The first-order chi connectivity index (χ1) is 12.6. The van der Waals surface area contributed by atoms with Gasteiger partial charge < -0.3 is 10.1 Å². The number of hydrogen-bond acceptors (Lipinski definition) is 6. The third kappa shape index (κ3) is 3.86. The summed E-state index contributed by atoms with van der Waals surface area (Å²) in [5, 5.41) is 16.7. The van der Waals surface area contributed by atoms with Crippen molar-refractivity contribution >= 4 is 28.6 Å². The van der Waals surface area contributed by atoms with E-state index < -0.39 is 10.8 Å². The Morgan fingerprint density at radius 1 is 1.27 bits per heavy atom. The molecule has 0 saturated heterocycles. The van der Waals surface area contributed by atoms with E-state index in [1.165, 1.54) is 29.5 Å². The number of aromatic nitrogens is 1. The number of nitro groups is 1. The molecule has 0 spiro atoms. The maximum absolute atomic E-state index is 12.4. The summed E-state index contributed by atoms with van der Waals surface area (Å²) in [7, 11) is 0. The van der Waals surface area contributed by atoms with Gasteiger partial charge in [-0.3, -0.25) is 14.9 Å². The molecule has 0 radical (unpaired) electrons. The number of carbonyl (C=O) groups excluding carboxylic acids is 1. The van der Waals surface area contributed by atoms with Gasteiger partial charge in [-0.2, -0.15) is 0 Å². The quantitative estimate of drug-likeness (QED) is 0.514. The highest BCUT2D eigenvalue weighted by molar-refractivity contribution is 7.13. The van der Waals surface area contributed by atoms with Crippen LogP contribution in [-0.4, -0.2) is 22.4 Å². The normalized spacial score (nSPS) is 10.3. The molecule has 0 aliphatic rings. The van der Waals surface area contributed by atoms with Crippen LogP contribution in [0.4, 0.5) is 11.4 Å². The molecule has 7 nitrogen and oxygen atoms in total. The van der Waals surface area contributed by atoms with Gasteiger partial charge in [0.2, 0.25) is 0 Å². The zero-order valence-electron chi connectivity index (χ0n) is 13.8. The Kier molecular flexibility index (Phi) is 5.23. The minimum Gasteiger partial charge on any atom is -0.487 e. The highest BCUT2D eigenvalue weighted by atomic mass is 32.1. The summed E-state index contributed by atoms with van der Waals surface area (Å²) in [5.74, 6) is -0.292. The molecule has 1 amide bonds. The number of carbonyl (C=O) groups is 1. The smallest absolute Gasteiger partial charge is 0.311 e. The molecule has 0 fully saturated rings. The van der Waals surface area contributed by atoms with Crippen LogP contribution in [0.2, 0.25) is 0 Å². The first-order valence-corrected chi connectivity index (χ1v) is 8.69. The zero-order chi connectivity index (χ0) is 18.5. The van der Waals surface area contributed by atoms with Crippen molar-refractivity contribution in [3.8, 4) is 16.3 Å². The number of nitrogens with one attached hydrogen (secondary N) is 1. The van der Waals surface area contributed by atoms with Gasteiger partial charge in [-0.15, -0.1) is 11.3 Å². The highest BCUT2D eigenvalue weighted by Gasteiger charge is 2.18. The molecule has 0 aliphatic carbocycles. The Bertz CT molecular complexity index is 924. The highest BCUT2D eigenvalue weighted by Crippen LogP contribution is 2.28. The Hall–Kier alpha value is -3.26. The molecule has 0 aliphatic heterocycles. The van der Waals surface area contributed by atoms with E-state index in [2.05, 4.69) is 10.3 Å². The van der Waals surface area contributed by atoms with Crippen LogP contribution in [0.1, 0.15) is 17.3 Å². The molecule has 132 valence electrons. The lowest BCUT2D eigenvalue weighted by Gasteiger charge is -2.08. The lowest BCUT2D eigenvalue weighted by Crippen LogP contribution is -2.12. The summed E-state index contributed by atoms with van der Waals surface area (Å²) in [5.41, 5.74) is 1.49. The van der Waals surface area contributed by atoms with E-state index >= 15 is 0 Å². The van der Waals surface area contributed by atoms with E-state index in [1.807, 2.05) is 17.5 Å². The topological polar surface area (TPSA) is 94.4 Å². The van der Waals surface area contributed by atoms with Crippen molar-refractivity contribution in [1.29, 1.82) is 0 Å². The molecule has 0 unspecified atom stereocenters. The average molecular weight is 369 g/mol. The Balaban J connectivity index is 1.77. The minimum atomic E-state index is -0.565. The second-order valence-corrected chi connectivity index (χ2v) is 6.14. The van der Waals surface area contributed by atoms with Gasteiger partial charge in [0.15, 0.2) is 5.75 Å². The van der Waals surface area contributed by atoms with Crippen molar-refractivity contribution in [1.82, 2.24) is 4.98 Å². The summed E-state index contributed by atoms with van der Waals surface area (Å²) in [4.78, 5) is 27.2. The molecule has 0 saturated carbocycles. The first-order valence-electron chi connectivity index (χ1n) is 7.81. The van der Waals surface area contributed by atoms with Crippen LogP contribution in [0, 0.1) is 10.1 Å². The summed E-state index contributed by atoms with van der Waals surface area (Å²) >= 11 is 1.53. The van der Waals surface area contributed by atoms with Crippen molar-refractivity contribution in [2.75, 3.05) is 11.9 Å². The van der Waals surface area contributed by atoms with Gasteiger partial charge in [0.25, 0.3) is 5.91 Å². The number of ether oxygens (including phenoxy) is 1. The number of rotatable bonds is 6. The van der Waals surface area contributed by atoms with Crippen LogP contribution in [-0.2, 0) is 0 Å². The van der Waals surface area contributed by atoms with Crippen molar-refractivity contribution in [2.24, 2.45) is 0 Å². The zero-order valence-corrected chi connectivity index (χ0v) is 14.7. The molecule has 0 bridgehead atoms. The largest absolute Gasteiger partial charge is 0.487 e. The van der Waals surface area contributed by atoms with Gasteiger partial charge in [-0.05, 0) is 43.3 Å². The van der Waals surface area contributed by atoms with Crippen molar-refractivity contribution < 1.29 is 14.5 Å². The maximum atomic E-state index is 12.4. The van der Waals surface area contributed by atoms with Gasteiger partial charge >= 0.3 is 5.69 Å². The van der Waals surface area contributed by atoms with Crippen molar-refractivity contribution in [2.45, 2.75) is 6.92 Å². The average Bonchev–Trinajstić information content (AvgIpc) is 3.17. The van der Waals surface area contributed by atoms with Gasteiger partial charge in [0, 0.05) is 34.5 Å². The molecule has 1 N–H and O–H groups in total. The third-order valence-electron chi connectivity index (χ3n) is 3.54. The standard InChI is InChI=1S/C18H15N3O4S/c1-2-25-16-8-5-13(11-15(16)21(23)24)17(22)20-14-6-3-12(4-7-14)18-19-9-10-26-18/h3-11H,2H2,1H3,(H,20,22). The summed E-state index contributed by atoms with van der Waals surface area (Å²) < 4.78 is 5.22.